The lowest BCUT2D eigenvalue weighted by Gasteiger charge is -2.23. The number of imide groups is 1. The van der Waals surface area contributed by atoms with Crippen molar-refractivity contribution < 1.29 is 9.59 Å². The summed E-state index contributed by atoms with van der Waals surface area (Å²) in [7, 11) is 0. The molecule has 2 amide bonds. The largest absolute Gasteiger partial charge is 0.279 e. The zero-order chi connectivity index (χ0) is 20.4. The topological polar surface area (TPSA) is 55.2 Å². The van der Waals surface area contributed by atoms with Crippen LogP contribution in [0.1, 0.15) is 35.4 Å². The molecule has 0 aliphatic carbocycles. The number of benzene rings is 2. The van der Waals surface area contributed by atoms with Gasteiger partial charge in [-0.05, 0) is 56.0 Å². The van der Waals surface area contributed by atoms with Crippen molar-refractivity contribution >= 4 is 11.8 Å². The quantitative estimate of drug-likeness (QED) is 0.669. The SMILES string of the molecule is Cc1cc(C)n(-c2cccc(CC(=O)N3C(=O)CCC3Cc3ccccc3)c2)n1. The fourth-order valence-electron chi connectivity index (χ4n) is 4.11. The van der Waals surface area contributed by atoms with Crippen molar-refractivity contribution in [2.45, 2.75) is 45.6 Å². The van der Waals surface area contributed by atoms with Crippen LogP contribution in [0.2, 0.25) is 0 Å². The predicted octanol–water partition coefficient (Wildman–Crippen LogP) is 3.79. The second kappa shape index (κ2) is 8.03. The van der Waals surface area contributed by atoms with E-state index in [4.69, 9.17) is 0 Å². The molecule has 5 nitrogen and oxygen atoms in total. The molecule has 29 heavy (non-hydrogen) atoms. The molecule has 1 aromatic heterocycles. The number of carbonyl (C=O) groups is 2. The lowest BCUT2D eigenvalue weighted by molar-refractivity contribution is -0.143. The van der Waals surface area contributed by atoms with E-state index in [1.165, 1.54) is 4.90 Å². The third kappa shape index (κ3) is 4.14. The van der Waals surface area contributed by atoms with E-state index in [0.29, 0.717) is 12.8 Å². The van der Waals surface area contributed by atoms with Crippen molar-refractivity contribution in [3.8, 4) is 5.69 Å². The minimum atomic E-state index is -0.126. The van der Waals surface area contributed by atoms with Gasteiger partial charge in [0.1, 0.15) is 0 Å². The molecular formula is C24H25N3O2. The van der Waals surface area contributed by atoms with Gasteiger partial charge in [0, 0.05) is 18.2 Å². The van der Waals surface area contributed by atoms with Crippen LogP contribution in [0.5, 0.6) is 0 Å². The number of aryl methyl sites for hydroxylation is 2. The Labute approximate surface area is 171 Å². The van der Waals surface area contributed by atoms with Gasteiger partial charge in [0.2, 0.25) is 11.8 Å². The Morgan fingerprint density at radius 1 is 1.03 bits per heavy atom. The lowest BCUT2D eigenvalue weighted by Crippen LogP contribution is -2.40. The van der Waals surface area contributed by atoms with Gasteiger partial charge in [-0.2, -0.15) is 5.10 Å². The van der Waals surface area contributed by atoms with Crippen LogP contribution < -0.4 is 0 Å². The zero-order valence-corrected chi connectivity index (χ0v) is 16.8. The van der Waals surface area contributed by atoms with Crippen molar-refractivity contribution in [3.63, 3.8) is 0 Å². The van der Waals surface area contributed by atoms with Gasteiger partial charge in [0.05, 0.1) is 17.8 Å². The maximum Gasteiger partial charge on any atom is 0.233 e. The smallest absolute Gasteiger partial charge is 0.233 e. The molecule has 1 saturated heterocycles. The second-order valence-corrected chi connectivity index (χ2v) is 7.73. The summed E-state index contributed by atoms with van der Waals surface area (Å²) in [6.45, 7) is 3.97. The van der Waals surface area contributed by atoms with Crippen LogP contribution in [0.25, 0.3) is 5.69 Å². The van der Waals surface area contributed by atoms with E-state index in [1.807, 2.05) is 79.2 Å². The molecule has 3 aromatic rings. The molecule has 5 heteroatoms. The summed E-state index contributed by atoms with van der Waals surface area (Å²) < 4.78 is 1.88. The van der Waals surface area contributed by atoms with Gasteiger partial charge in [0.25, 0.3) is 0 Å². The van der Waals surface area contributed by atoms with Gasteiger partial charge in [-0.1, -0.05) is 42.5 Å². The molecule has 1 atom stereocenters. The number of rotatable bonds is 5. The van der Waals surface area contributed by atoms with Crippen molar-refractivity contribution in [2.24, 2.45) is 0 Å². The molecule has 0 N–H and O–H groups in total. The molecule has 4 rings (SSSR count). The van der Waals surface area contributed by atoms with Crippen molar-refractivity contribution in [3.05, 3.63) is 83.2 Å². The van der Waals surface area contributed by atoms with Crippen LogP contribution in [-0.4, -0.2) is 32.5 Å². The maximum absolute atomic E-state index is 13.0. The number of hydrogen-bond acceptors (Lipinski definition) is 3. The van der Waals surface area contributed by atoms with Crippen molar-refractivity contribution in [1.82, 2.24) is 14.7 Å². The molecule has 0 bridgehead atoms. The Kier molecular flexibility index (Phi) is 5.30. The minimum absolute atomic E-state index is 0.0587. The molecular weight excluding hydrogens is 362 g/mol. The first-order valence-corrected chi connectivity index (χ1v) is 10.0. The molecule has 1 unspecified atom stereocenters. The summed E-state index contributed by atoms with van der Waals surface area (Å²) >= 11 is 0. The normalized spacial score (nSPS) is 16.4. The van der Waals surface area contributed by atoms with E-state index in [0.717, 1.165) is 34.6 Å². The summed E-state index contributed by atoms with van der Waals surface area (Å²) in [6.07, 6.45) is 2.09. The number of likely N-dealkylation sites (tertiary alicyclic amines) is 1. The van der Waals surface area contributed by atoms with Gasteiger partial charge in [-0.25, -0.2) is 4.68 Å². The van der Waals surface area contributed by atoms with Gasteiger partial charge < -0.3 is 0 Å². The van der Waals surface area contributed by atoms with Crippen molar-refractivity contribution in [2.75, 3.05) is 0 Å². The Bertz CT molecular complexity index is 1040. The van der Waals surface area contributed by atoms with E-state index in [-0.39, 0.29) is 24.3 Å². The van der Waals surface area contributed by atoms with E-state index in [9.17, 15) is 9.59 Å². The summed E-state index contributed by atoms with van der Waals surface area (Å²) in [6, 6.07) is 19.8. The Balaban J connectivity index is 1.51. The predicted molar refractivity (Wildman–Crippen MR) is 112 cm³/mol. The highest BCUT2D eigenvalue weighted by molar-refractivity contribution is 5.98. The van der Waals surface area contributed by atoms with E-state index < -0.39 is 0 Å². The standard InChI is InChI=1S/C24H25N3O2/c1-17-13-18(2)27(25-17)22-10-6-9-20(15-22)16-24(29)26-21(11-12-23(26)28)14-19-7-4-3-5-8-19/h3-10,13,15,21H,11-12,14,16H2,1-2H3. The number of aromatic nitrogens is 2. The molecule has 1 aliphatic heterocycles. The van der Waals surface area contributed by atoms with Crippen LogP contribution >= 0.6 is 0 Å². The first-order valence-electron chi connectivity index (χ1n) is 10.0. The summed E-state index contributed by atoms with van der Waals surface area (Å²) in [5, 5.41) is 4.52. The van der Waals surface area contributed by atoms with E-state index >= 15 is 0 Å². The van der Waals surface area contributed by atoms with Crippen LogP contribution in [0, 0.1) is 13.8 Å². The van der Waals surface area contributed by atoms with E-state index in [2.05, 4.69) is 5.10 Å². The van der Waals surface area contributed by atoms with Gasteiger partial charge in [0.15, 0.2) is 0 Å². The molecule has 1 fully saturated rings. The maximum atomic E-state index is 13.0. The summed E-state index contributed by atoms with van der Waals surface area (Å²) in [4.78, 5) is 26.9. The van der Waals surface area contributed by atoms with Gasteiger partial charge in [-0.15, -0.1) is 0 Å². The lowest BCUT2D eigenvalue weighted by atomic mass is 10.0. The molecule has 148 valence electrons. The van der Waals surface area contributed by atoms with Crippen LogP contribution in [0.15, 0.2) is 60.7 Å². The van der Waals surface area contributed by atoms with E-state index in [1.54, 1.807) is 0 Å². The average molecular weight is 387 g/mol. The molecule has 2 aromatic carbocycles. The number of amides is 2. The number of hydrogen-bond donors (Lipinski definition) is 0. The number of carbonyl (C=O) groups excluding carboxylic acids is 2. The van der Waals surface area contributed by atoms with Crippen molar-refractivity contribution in [1.29, 1.82) is 0 Å². The third-order valence-electron chi connectivity index (χ3n) is 5.43. The van der Waals surface area contributed by atoms with Crippen LogP contribution in [0.4, 0.5) is 0 Å². The third-order valence-corrected chi connectivity index (χ3v) is 5.43. The molecule has 0 saturated carbocycles. The highest BCUT2D eigenvalue weighted by atomic mass is 16.2. The monoisotopic (exact) mass is 387 g/mol. The van der Waals surface area contributed by atoms with Gasteiger partial charge >= 0.3 is 0 Å². The molecule has 0 radical (unpaired) electrons. The zero-order valence-electron chi connectivity index (χ0n) is 16.8. The molecule has 1 aliphatic rings. The number of nitrogens with zero attached hydrogens (tertiary/aromatic N) is 3. The summed E-state index contributed by atoms with van der Waals surface area (Å²) in [5.41, 5.74) is 4.96. The Morgan fingerprint density at radius 3 is 2.52 bits per heavy atom. The highest BCUT2D eigenvalue weighted by Gasteiger charge is 2.35. The molecule has 2 heterocycles. The summed E-state index contributed by atoms with van der Waals surface area (Å²) in [5.74, 6) is -0.190. The minimum Gasteiger partial charge on any atom is -0.279 e. The first kappa shape index (κ1) is 19.1. The fourth-order valence-corrected chi connectivity index (χ4v) is 4.11. The Morgan fingerprint density at radius 2 is 1.79 bits per heavy atom. The molecule has 0 spiro atoms. The second-order valence-electron chi connectivity index (χ2n) is 7.73. The highest BCUT2D eigenvalue weighted by Crippen LogP contribution is 2.24. The average Bonchev–Trinajstić information content (AvgIpc) is 3.24. The van der Waals surface area contributed by atoms with Gasteiger partial charge in [-0.3, -0.25) is 14.5 Å². The van der Waals surface area contributed by atoms with Crippen LogP contribution in [0.3, 0.4) is 0 Å². The Hall–Kier alpha value is -3.21. The van der Waals surface area contributed by atoms with Crippen LogP contribution in [-0.2, 0) is 22.4 Å². The fraction of sp³-hybridized carbons (Fsp3) is 0.292. The first-order chi connectivity index (χ1) is 14.0.